The summed E-state index contributed by atoms with van der Waals surface area (Å²) in [5.74, 6) is 0. The molecule has 1 aromatic rings. The van der Waals surface area contributed by atoms with Gasteiger partial charge in [0.05, 0.1) is 0 Å². The molecular formula is C6H6ClNO2S. The van der Waals surface area contributed by atoms with Crippen LogP contribution in [-0.4, -0.2) is 10.9 Å². The summed E-state index contributed by atoms with van der Waals surface area (Å²) in [5.41, 5.74) is 0. The average Bonchev–Trinajstić information content (AvgIpc) is 2.26. The Morgan fingerprint density at radius 1 is 1.73 bits per heavy atom. The first-order valence-corrected chi connectivity index (χ1v) is 4.24. The molecule has 0 aliphatic carbocycles. The Bertz CT molecular complexity index is 328. The van der Waals surface area contributed by atoms with Gasteiger partial charge in [0.25, 0.3) is 0 Å². The Morgan fingerprint density at radius 2 is 2.36 bits per heavy atom. The van der Waals surface area contributed by atoms with Gasteiger partial charge >= 0.3 is 4.87 Å². The molecule has 0 amide bonds. The van der Waals surface area contributed by atoms with Crippen molar-refractivity contribution < 1.29 is 4.79 Å². The second kappa shape index (κ2) is 3.19. The standard InChI is InChI=1S/C6H6ClNO2S/c1-2-8-5(7)4(3-9)11-6(8)10/h3H,2H2,1H3. The number of rotatable bonds is 2. The summed E-state index contributed by atoms with van der Waals surface area (Å²) < 4.78 is 1.36. The normalized spacial score (nSPS) is 10.0. The maximum atomic E-state index is 11.0. The lowest BCUT2D eigenvalue weighted by Crippen LogP contribution is -2.10. The highest BCUT2D eigenvalue weighted by molar-refractivity contribution is 7.11. The zero-order valence-electron chi connectivity index (χ0n) is 5.83. The number of hydrogen-bond acceptors (Lipinski definition) is 3. The van der Waals surface area contributed by atoms with Crippen LogP contribution in [0.1, 0.15) is 16.6 Å². The summed E-state index contributed by atoms with van der Waals surface area (Å²) in [6, 6.07) is 0. The van der Waals surface area contributed by atoms with Crippen LogP contribution in [0.15, 0.2) is 4.79 Å². The summed E-state index contributed by atoms with van der Waals surface area (Å²) >= 11 is 6.54. The minimum Gasteiger partial charge on any atom is -0.297 e. The van der Waals surface area contributed by atoms with Gasteiger partial charge < -0.3 is 0 Å². The van der Waals surface area contributed by atoms with E-state index in [4.69, 9.17) is 11.6 Å². The Labute approximate surface area is 72.2 Å². The Morgan fingerprint density at radius 3 is 2.64 bits per heavy atom. The number of thiazole rings is 1. The van der Waals surface area contributed by atoms with Crippen molar-refractivity contribution in [1.82, 2.24) is 4.57 Å². The molecule has 0 spiro atoms. The van der Waals surface area contributed by atoms with Crippen LogP contribution in [0.25, 0.3) is 0 Å². The number of nitrogens with zero attached hydrogens (tertiary/aromatic N) is 1. The van der Waals surface area contributed by atoms with E-state index in [1.54, 1.807) is 6.92 Å². The molecule has 60 valence electrons. The number of halogens is 1. The summed E-state index contributed by atoms with van der Waals surface area (Å²) in [6.45, 7) is 2.30. The molecule has 0 saturated carbocycles. The molecule has 0 N–H and O–H groups in total. The quantitative estimate of drug-likeness (QED) is 0.663. The van der Waals surface area contributed by atoms with Crippen LogP contribution in [0.3, 0.4) is 0 Å². The molecule has 0 radical (unpaired) electrons. The molecular weight excluding hydrogens is 186 g/mol. The largest absolute Gasteiger partial charge is 0.308 e. The van der Waals surface area contributed by atoms with E-state index in [1.165, 1.54) is 4.57 Å². The molecule has 0 unspecified atom stereocenters. The van der Waals surface area contributed by atoms with E-state index < -0.39 is 0 Å². The van der Waals surface area contributed by atoms with Gasteiger partial charge in [-0.15, -0.1) is 0 Å². The molecule has 1 aromatic heterocycles. The molecule has 0 aliphatic rings. The van der Waals surface area contributed by atoms with Crippen LogP contribution >= 0.6 is 22.9 Å². The van der Waals surface area contributed by atoms with E-state index in [-0.39, 0.29) is 10.0 Å². The van der Waals surface area contributed by atoms with E-state index in [0.29, 0.717) is 17.7 Å². The lowest BCUT2D eigenvalue weighted by molar-refractivity contribution is 0.112. The van der Waals surface area contributed by atoms with Crippen LogP contribution in [0, 0.1) is 0 Å². The minimum absolute atomic E-state index is 0.181. The first-order chi connectivity index (χ1) is 5.20. The molecule has 11 heavy (non-hydrogen) atoms. The van der Waals surface area contributed by atoms with E-state index in [2.05, 4.69) is 0 Å². The second-order valence-corrected chi connectivity index (χ2v) is 3.24. The highest BCUT2D eigenvalue weighted by atomic mass is 35.5. The van der Waals surface area contributed by atoms with Crippen LogP contribution in [-0.2, 0) is 6.54 Å². The van der Waals surface area contributed by atoms with E-state index in [0.717, 1.165) is 11.3 Å². The molecule has 1 heterocycles. The van der Waals surface area contributed by atoms with Gasteiger partial charge in [-0.2, -0.15) is 0 Å². The number of carbonyl (C=O) groups is 1. The third-order valence-electron chi connectivity index (χ3n) is 1.28. The van der Waals surface area contributed by atoms with Crippen molar-refractivity contribution in [2.75, 3.05) is 0 Å². The van der Waals surface area contributed by atoms with Crippen molar-refractivity contribution in [1.29, 1.82) is 0 Å². The zero-order chi connectivity index (χ0) is 8.43. The number of aldehydes is 1. The van der Waals surface area contributed by atoms with Crippen molar-refractivity contribution in [3.8, 4) is 0 Å². The fourth-order valence-corrected chi connectivity index (χ4v) is 1.91. The SMILES string of the molecule is CCn1c(Cl)c(C=O)sc1=O. The minimum atomic E-state index is -0.181. The van der Waals surface area contributed by atoms with Crippen molar-refractivity contribution in [2.24, 2.45) is 0 Å². The molecule has 0 fully saturated rings. The predicted octanol–water partition coefficient (Wildman–Crippen LogP) is 1.40. The topological polar surface area (TPSA) is 39.1 Å². The van der Waals surface area contributed by atoms with Crippen molar-refractivity contribution in [2.45, 2.75) is 13.5 Å². The maximum Gasteiger partial charge on any atom is 0.308 e. The highest BCUT2D eigenvalue weighted by Gasteiger charge is 2.09. The summed E-state index contributed by atoms with van der Waals surface area (Å²) in [6.07, 6.45) is 0.598. The fraction of sp³-hybridized carbons (Fsp3) is 0.333. The number of aromatic nitrogens is 1. The van der Waals surface area contributed by atoms with E-state index in [1.807, 2.05) is 0 Å². The smallest absolute Gasteiger partial charge is 0.297 e. The molecule has 5 heteroatoms. The van der Waals surface area contributed by atoms with Gasteiger partial charge in [-0.05, 0) is 6.92 Å². The molecule has 0 atom stereocenters. The monoisotopic (exact) mass is 191 g/mol. The fourth-order valence-electron chi connectivity index (χ4n) is 0.745. The highest BCUT2D eigenvalue weighted by Crippen LogP contribution is 2.15. The average molecular weight is 192 g/mol. The predicted molar refractivity (Wildman–Crippen MR) is 44.7 cm³/mol. The molecule has 3 nitrogen and oxygen atoms in total. The van der Waals surface area contributed by atoms with Gasteiger partial charge in [0.2, 0.25) is 0 Å². The van der Waals surface area contributed by atoms with Gasteiger partial charge in [-0.1, -0.05) is 22.9 Å². The summed E-state index contributed by atoms with van der Waals surface area (Å²) in [5, 5.41) is 0.248. The first kappa shape index (κ1) is 8.49. The van der Waals surface area contributed by atoms with Gasteiger partial charge in [0.15, 0.2) is 6.29 Å². The molecule has 0 aromatic carbocycles. The Balaban J connectivity index is 3.36. The number of hydrogen-bond donors (Lipinski definition) is 0. The zero-order valence-corrected chi connectivity index (χ0v) is 7.41. The molecule has 0 bridgehead atoms. The third-order valence-corrected chi connectivity index (χ3v) is 2.71. The Hall–Kier alpha value is -0.610. The molecule has 0 aliphatic heterocycles. The second-order valence-electron chi connectivity index (χ2n) is 1.89. The lowest BCUT2D eigenvalue weighted by Gasteiger charge is -1.94. The number of carbonyl (C=O) groups excluding carboxylic acids is 1. The molecule has 0 saturated heterocycles. The molecule has 1 rings (SSSR count). The van der Waals surface area contributed by atoms with Gasteiger partial charge in [-0.25, -0.2) is 0 Å². The van der Waals surface area contributed by atoms with E-state index in [9.17, 15) is 9.59 Å². The third kappa shape index (κ3) is 1.36. The Kier molecular flexibility index (Phi) is 2.46. The van der Waals surface area contributed by atoms with Crippen LogP contribution in [0.2, 0.25) is 5.15 Å². The van der Waals surface area contributed by atoms with Crippen LogP contribution < -0.4 is 4.87 Å². The van der Waals surface area contributed by atoms with Crippen LogP contribution in [0.4, 0.5) is 0 Å². The first-order valence-electron chi connectivity index (χ1n) is 3.05. The van der Waals surface area contributed by atoms with Gasteiger partial charge in [0.1, 0.15) is 10.0 Å². The summed E-state index contributed by atoms with van der Waals surface area (Å²) in [7, 11) is 0. The lowest BCUT2D eigenvalue weighted by atomic mass is 10.6. The summed E-state index contributed by atoms with van der Waals surface area (Å²) in [4.78, 5) is 21.4. The van der Waals surface area contributed by atoms with Crippen molar-refractivity contribution in [3.05, 3.63) is 19.7 Å². The van der Waals surface area contributed by atoms with E-state index >= 15 is 0 Å². The van der Waals surface area contributed by atoms with Gasteiger partial charge in [-0.3, -0.25) is 14.2 Å². The van der Waals surface area contributed by atoms with Gasteiger partial charge in [0, 0.05) is 6.54 Å². The van der Waals surface area contributed by atoms with Crippen molar-refractivity contribution >= 4 is 29.2 Å². The maximum absolute atomic E-state index is 11.0. The van der Waals surface area contributed by atoms with Crippen LogP contribution in [0.5, 0.6) is 0 Å². The van der Waals surface area contributed by atoms with Crippen molar-refractivity contribution in [3.63, 3.8) is 0 Å².